The van der Waals surface area contributed by atoms with E-state index in [0.717, 1.165) is 0 Å². The Labute approximate surface area is 82.0 Å². The molecule has 1 aliphatic heterocycles. The fourth-order valence-electron chi connectivity index (χ4n) is 1.45. The van der Waals surface area contributed by atoms with Crippen LogP contribution in [0, 0.1) is 11.3 Å². The van der Waals surface area contributed by atoms with Gasteiger partial charge in [-0.1, -0.05) is 0 Å². The van der Waals surface area contributed by atoms with Gasteiger partial charge in [-0.25, -0.2) is 0 Å². The molecule has 0 spiro atoms. The fraction of sp³-hybridized carbons (Fsp3) is 0.500. The van der Waals surface area contributed by atoms with E-state index in [2.05, 4.69) is 0 Å². The third-order valence-electron chi connectivity index (χ3n) is 2.20. The van der Waals surface area contributed by atoms with Gasteiger partial charge in [0, 0.05) is 0 Å². The first-order valence-corrected chi connectivity index (χ1v) is 4.49. The maximum absolute atomic E-state index is 8.49. The van der Waals surface area contributed by atoms with Crippen molar-refractivity contribution in [1.82, 2.24) is 0 Å². The summed E-state index contributed by atoms with van der Waals surface area (Å²) < 4.78 is 16.3. The molecule has 0 N–H and O–H groups in total. The number of nitrogens with zero attached hydrogens (tertiary/aromatic N) is 1. The quantitative estimate of drug-likeness (QED) is 0.715. The van der Waals surface area contributed by atoms with Gasteiger partial charge in [0.05, 0.1) is 25.7 Å². The minimum Gasteiger partial charge on any atom is -0.459 e. The van der Waals surface area contributed by atoms with Crippen molar-refractivity contribution in [2.45, 2.75) is 19.1 Å². The molecule has 0 amide bonds. The zero-order chi connectivity index (χ0) is 10.0. The van der Waals surface area contributed by atoms with Gasteiger partial charge >= 0.3 is 0 Å². The van der Waals surface area contributed by atoms with Crippen molar-refractivity contribution in [2.75, 3.05) is 13.2 Å². The second-order valence-electron chi connectivity index (χ2n) is 3.24. The highest BCUT2D eigenvalue weighted by Crippen LogP contribution is 2.31. The molecule has 4 heteroatoms. The number of furan rings is 1. The van der Waals surface area contributed by atoms with Crippen LogP contribution in [0.1, 0.15) is 18.4 Å². The van der Waals surface area contributed by atoms with Crippen molar-refractivity contribution in [2.24, 2.45) is 0 Å². The van der Waals surface area contributed by atoms with Gasteiger partial charge in [0.2, 0.25) is 5.79 Å². The topological polar surface area (TPSA) is 55.4 Å². The van der Waals surface area contributed by atoms with Crippen molar-refractivity contribution in [1.29, 1.82) is 5.26 Å². The Kier molecular flexibility index (Phi) is 2.28. The third kappa shape index (κ3) is 1.52. The highest BCUT2D eigenvalue weighted by atomic mass is 16.7. The van der Waals surface area contributed by atoms with E-state index in [1.54, 1.807) is 12.1 Å². The van der Waals surface area contributed by atoms with Gasteiger partial charge in [-0.2, -0.15) is 5.26 Å². The largest absolute Gasteiger partial charge is 0.459 e. The van der Waals surface area contributed by atoms with Crippen molar-refractivity contribution < 1.29 is 13.9 Å². The van der Waals surface area contributed by atoms with Crippen LogP contribution in [0.2, 0.25) is 0 Å². The van der Waals surface area contributed by atoms with Crippen LogP contribution in [0.4, 0.5) is 0 Å². The lowest BCUT2D eigenvalue weighted by atomic mass is 10.2. The average Bonchev–Trinajstić information content (AvgIpc) is 2.75. The van der Waals surface area contributed by atoms with Crippen LogP contribution in [-0.4, -0.2) is 13.2 Å². The van der Waals surface area contributed by atoms with Crippen LogP contribution < -0.4 is 0 Å². The van der Waals surface area contributed by atoms with Gasteiger partial charge < -0.3 is 13.9 Å². The van der Waals surface area contributed by atoms with E-state index in [1.165, 1.54) is 0 Å². The van der Waals surface area contributed by atoms with Crippen LogP contribution in [0.3, 0.4) is 0 Å². The summed E-state index contributed by atoms with van der Waals surface area (Å²) in [6.07, 6.45) is 0.274. The van der Waals surface area contributed by atoms with Gasteiger partial charge in [-0.3, -0.25) is 0 Å². The lowest BCUT2D eigenvalue weighted by Crippen LogP contribution is -2.21. The van der Waals surface area contributed by atoms with E-state index in [4.69, 9.17) is 19.2 Å². The Morgan fingerprint density at radius 1 is 1.43 bits per heavy atom. The summed E-state index contributed by atoms with van der Waals surface area (Å²) >= 11 is 0. The Morgan fingerprint density at radius 2 is 2.14 bits per heavy atom. The average molecular weight is 193 g/mol. The maximum Gasteiger partial charge on any atom is 0.225 e. The predicted molar refractivity (Wildman–Crippen MR) is 47.3 cm³/mol. The molecule has 2 rings (SSSR count). The molecule has 1 aromatic heterocycles. The number of hydrogen-bond acceptors (Lipinski definition) is 4. The molecule has 0 unspecified atom stereocenters. The molecular formula is C10H11NO3. The Bertz CT molecular complexity index is 358. The highest BCUT2D eigenvalue weighted by Gasteiger charge is 2.36. The van der Waals surface area contributed by atoms with Crippen LogP contribution >= 0.6 is 0 Å². The lowest BCUT2D eigenvalue weighted by Gasteiger charge is -2.18. The fourth-order valence-corrected chi connectivity index (χ4v) is 1.45. The summed E-state index contributed by atoms with van der Waals surface area (Å²) in [5.41, 5.74) is 0. The lowest BCUT2D eigenvalue weighted by molar-refractivity contribution is -0.163. The molecule has 0 atom stereocenters. The summed E-state index contributed by atoms with van der Waals surface area (Å²) in [6.45, 7) is 2.96. The van der Waals surface area contributed by atoms with Crippen molar-refractivity contribution in [3.63, 3.8) is 0 Å². The molecule has 2 heterocycles. The Hall–Kier alpha value is -1.31. The molecule has 0 aromatic carbocycles. The summed E-state index contributed by atoms with van der Waals surface area (Å²) in [6, 6.07) is 5.59. The summed E-state index contributed by atoms with van der Waals surface area (Å²) in [7, 11) is 0. The van der Waals surface area contributed by atoms with E-state index >= 15 is 0 Å². The molecule has 1 fully saturated rings. The zero-order valence-corrected chi connectivity index (χ0v) is 7.95. The van der Waals surface area contributed by atoms with Gasteiger partial charge in [0.15, 0.2) is 5.76 Å². The molecule has 74 valence electrons. The van der Waals surface area contributed by atoms with Crippen LogP contribution in [0.25, 0.3) is 0 Å². The van der Waals surface area contributed by atoms with Gasteiger partial charge in [-0.05, 0) is 19.1 Å². The molecule has 1 aromatic rings. The van der Waals surface area contributed by atoms with E-state index in [9.17, 15) is 0 Å². The molecule has 1 saturated heterocycles. The van der Waals surface area contributed by atoms with E-state index in [1.807, 2.05) is 13.0 Å². The summed E-state index contributed by atoms with van der Waals surface area (Å²) in [4.78, 5) is 0. The van der Waals surface area contributed by atoms with Crippen LogP contribution in [0.15, 0.2) is 16.5 Å². The molecule has 0 radical (unpaired) electrons. The number of hydrogen-bond donors (Lipinski definition) is 0. The zero-order valence-electron chi connectivity index (χ0n) is 7.95. The maximum atomic E-state index is 8.49. The van der Waals surface area contributed by atoms with Crippen molar-refractivity contribution in [3.05, 3.63) is 23.7 Å². The number of ether oxygens (including phenoxy) is 2. The summed E-state index contributed by atoms with van der Waals surface area (Å²) in [5, 5.41) is 8.49. The van der Waals surface area contributed by atoms with Gasteiger partial charge in [-0.15, -0.1) is 0 Å². The van der Waals surface area contributed by atoms with E-state index in [0.29, 0.717) is 24.7 Å². The molecule has 1 aliphatic rings. The smallest absolute Gasteiger partial charge is 0.225 e. The minimum absolute atomic E-state index is 0.274. The van der Waals surface area contributed by atoms with Gasteiger partial charge in [0.25, 0.3) is 0 Å². The SMILES string of the molecule is CC1(c2ccc(CC#N)o2)OCCO1. The third-order valence-corrected chi connectivity index (χ3v) is 2.20. The Balaban J connectivity index is 2.20. The second-order valence-corrected chi connectivity index (χ2v) is 3.24. The first-order valence-electron chi connectivity index (χ1n) is 4.49. The van der Waals surface area contributed by atoms with Crippen LogP contribution in [-0.2, 0) is 21.7 Å². The standard InChI is InChI=1S/C10H11NO3/c1-10(12-6-7-13-10)9-3-2-8(14-9)4-5-11/h2-3H,4,6-7H2,1H3. The number of nitriles is 1. The Morgan fingerprint density at radius 3 is 2.79 bits per heavy atom. The van der Waals surface area contributed by atoms with Crippen molar-refractivity contribution >= 4 is 0 Å². The van der Waals surface area contributed by atoms with Crippen LogP contribution in [0.5, 0.6) is 0 Å². The van der Waals surface area contributed by atoms with Crippen molar-refractivity contribution in [3.8, 4) is 6.07 Å². The molecular weight excluding hydrogens is 182 g/mol. The minimum atomic E-state index is -0.770. The second kappa shape index (κ2) is 3.45. The highest BCUT2D eigenvalue weighted by molar-refractivity contribution is 5.14. The first kappa shape index (κ1) is 9.25. The normalized spacial score (nSPS) is 19.4. The first-order chi connectivity index (χ1) is 6.74. The van der Waals surface area contributed by atoms with E-state index < -0.39 is 5.79 Å². The van der Waals surface area contributed by atoms with Gasteiger partial charge in [0.1, 0.15) is 5.76 Å². The predicted octanol–water partition coefficient (Wildman–Crippen LogP) is 1.57. The molecule has 14 heavy (non-hydrogen) atoms. The summed E-state index contributed by atoms with van der Waals surface area (Å²) in [5.74, 6) is 0.497. The van der Waals surface area contributed by atoms with E-state index in [-0.39, 0.29) is 6.42 Å². The molecule has 4 nitrogen and oxygen atoms in total. The molecule has 0 bridgehead atoms. The monoisotopic (exact) mass is 193 g/mol. The number of rotatable bonds is 2. The molecule has 0 aliphatic carbocycles. The molecule has 0 saturated carbocycles.